The van der Waals surface area contributed by atoms with Crippen molar-refractivity contribution in [3.8, 4) is 16.6 Å². The molecule has 1 aromatic carbocycles. The first-order valence-electron chi connectivity index (χ1n) is 9.05. The lowest BCUT2D eigenvalue weighted by molar-refractivity contribution is -0.116. The summed E-state index contributed by atoms with van der Waals surface area (Å²) >= 11 is 1.54. The molecule has 0 fully saturated rings. The SMILES string of the molecule is O=C(CCc1nc(-c2cccs2)no1)Nc1ccc(OCc2ccccc2)nc1. The van der Waals surface area contributed by atoms with Crippen LogP contribution in [-0.2, 0) is 17.8 Å². The summed E-state index contributed by atoms with van der Waals surface area (Å²) < 4.78 is 10.8. The number of pyridine rings is 1. The van der Waals surface area contributed by atoms with Crippen molar-refractivity contribution in [2.45, 2.75) is 19.4 Å². The number of carbonyl (C=O) groups excluding carboxylic acids is 1. The summed E-state index contributed by atoms with van der Waals surface area (Å²) in [5, 5.41) is 8.69. The number of rotatable bonds is 8. The van der Waals surface area contributed by atoms with Crippen molar-refractivity contribution in [2.24, 2.45) is 0 Å². The second-order valence-corrected chi connectivity index (χ2v) is 7.14. The predicted molar refractivity (Wildman–Crippen MR) is 110 cm³/mol. The molecule has 4 aromatic rings. The van der Waals surface area contributed by atoms with Crippen molar-refractivity contribution < 1.29 is 14.1 Å². The molecule has 0 atom stereocenters. The van der Waals surface area contributed by atoms with Crippen LogP contribution in [0.5, 0.6) is 5.88 Å². The zero-order valence-corrected chi connectivity index (χ0v) is 16.3. The van der Waals surface area contributed by atoms with E-state index in [2.05, 4.69) is 20.4 Å². The standard InChI is InChI=1S/C21H18N4O3S/c26-18(9-11-20-24-21(25-28-20)17-7-4-12-29-17)23-16-8-10-19(22-13-16)27-14-15-5-2-1-3-6-15/h1-8,10,12-13H,9,11,14H2,(H,23,26). The number of benzene rings is 1. The third-order valence-corrected chi connectivity index (χ3v) is 4.89. The van der Waals surface area contributed by atoms with E-state index in [0.717, 1.165) is 10.4 Å². The third-order valence-electron chi connectivity index (χ3n) is 4.03. The molecule has 0 saturated carbocycles. The summed E-state index contributed by atoms with van der Waals surface area (Å²) in [6.07, 6.45) is 2.17. The molecule has 8 heteroatoms. The van der Waals surface area contributed by atoms with E-state index in [9.17, 15) is 4.79 Å². The molecule has 0 spiro atoms. The van der Waals surface area contributed by atoms with Gasteiger partial charge in [-0.25, -0.2) is 4.98 Å². The zero-order valence-electron chi connectivity index (χ0n) is 15.4. The highest BCUT2D eigenvalue weighted by Gasteiger charge is 2.11. The molecule has 146 valence electrons. The summed E-state index contributed by atoms with van der Waals surface area (Å²) in [6, 6.07) is 17.2. The van der Waals surface area contributed by atoms with Crippen molar-refractivity contribution in [2.75, 3.05) is 5.32 Å². The van der Waals surface area contributed by atoms with Gasteiger partial charge in [0.2, 0.25) is 23.5 Å². The minimum absolute atomic E-state index is 0.152. The van der Waals surface area contributed by atoms with Crippen molar-refractivity contribution >= 4 is 22.9 Å². The predicted octanol–water partition coefficient (Wildman–Crippen LogP) is 4.34. The Hall–Kier alpha value is -3.52. The summed E-state index contributed by atoms with van der Waals surface area (Å²) in [6.45, 7) is 0.442. The molecule has 3 heterocycles. The minimum atomic E-state index is -0.152. The molecular formula is C21H18N4O3S. The van der Waals surface area contributed by atoms with Crippen LogP contribution in [0.15, 0.2) is 70.7 Å². The molecule has 3 aromatic heterocycles. The van der Waals surface area contributed by atoms with Gasteiger partial charge < -0.3 is 14.6 Å². The van der Waals surface area contributed by atoms with Crippen LogP contribution < -0.4 is 10.1 Å². The van der Waals surface area contributed by atoms with Gasteiger partial charge in [0, 0.05) is 18.9 Å². The number of thiophene rings is 1. The normalized spacial score (nSPS) is 10.6. The quantitative estimate of drug-likeness (QED) is 0.468. The van der Waals surface area contributed by atoms with Crippen molar-refractivity contribution in [1.82, 2.24) is 15.1 Å². The van der Waals surface area contributed by atoms with Gasteiger partial charge in [-0.1, -0.05) is 41.6 Å². The molecule has 29 heavy (non-hydrogen) atoms. The first-order valence-corrected chi connectivity index (χ1v) is 9.93. The molecule has 0 saturated heterocycles. The van der Waals surface area contributed by atoms with E-state index in [1.807, 2.05) is 47.8 Å². The maximum absolute atomic E-state index is 12.2. The van der Waals surface area contributed by atoms with Crippen LogP contribution in [-0.4, -0.2) is 21.0 Å². The topological polar surface area (TPSA) is 90.1 Å². The van der Waals surface area contributed by atoms with Crippen LogP contribution in [0.1, 0.15) is 17.9 Å². The van der Waals surface area contributed by atoms with Crippen LogP contribution in [0.25, 0.3) is 10.7 Å². The second kappa shape index (κ2) is 9.11. The Kier molecular flexibility index (Phi) is 5.92. The number of hydrogen-bond donors (Lipinski definition) is 1. The van der Waals surface area contributed by atoms with E-state index in [-0.39, 0.29) is 12.3 Å². The Balaban J connectivity index is 1.24. The van der Waals surface area contributed by atoms with Gasteiger partial charge in [-0.2, -0.15) is 4.98 Å². The van der Waals surface area contributed by atoms with E-state index in [4.69, 9.17) is 9.26 Å². The van der Waals surface area contributed by atoms with Gasteiger partial charge in [0.25, 0.3) is 0 Å². The maximum Gasteiger partial charge on any atom is 0.227 e. The van der Waals surface area contributed by atoms with E-state index < -0.39 is 0 Å². The van der Waals surface area contributed by atoms with Crippen LogP contribution in [0.2, 0.25) is 0 Å². The number of carbonyl (C=O) groups is 1. The number of amides is 1. The lowest BCUT2D eigenvalue weighted by atomic mass is 10.2. The number of aryl methyl sites for hydroxylation is 1. The number of hydrogen-bond acceptors (Lipinski definition) is 7. The Morgan fingerprint density at radius 3 is 2.76 bits per heavy atom. The van der Waals surface area contributed by atoms with Gasteiger partial charge >= 0.3 is 0 Å². The summed E-state index contributed by atoms with van der Waals surface area (Å²) in [5.41, 5.74) is 1.67. The molecule has 4 rings (SSSR count). The number of ether oxygens (including phenoxy) is 1. The number of nitrogens with zero attached hydrogens (tertiary/aromatic N) is 3. The average molecular weight is 406 g/mol. The molecule has 0 aliphatic carbocycles. The number of anilines is 1. The molecule has 1 N–H and O–H groups in total. The molecule has 0 radical (unpaired) electrons. The molecule has 0 unspecified atom stereocenters. The van der Waals surface area contributed by atoms with Crippen molar-refractivity contribution in [1.29, 1.82) is 0 Å². The molecule has 7 nitrogen and oxygen atoms in total. The van der Waals surface area contributed by atoms with E-state index >= 15 is 0 Å². The van der Waals surface area contributed by atoms with Crippen LogP contribution in [0.4, 0.5) is 5.69 Å². The van der Waals surface area contributed by atoms with Gasteiger partial charge in [0.1, 0.15) is 6.61 Å². The third kappa shape index (κ3) is 5.26. The Morgan fingerprint density at radius 1 is 1.10 bits per heavy atom. The lowest BCUT2D eigenvalue weighted by Crippen LogP contribution is -2.12. The maximum atomic E-state index is 12.2. The molecule has 0 aliphatic heterocycles. The molecular weight excluding hydrogens is 388 g/mol. The zero-order chi connectivity index (χ0) is 19.9. The lowest BCUT2D eigenvalue weighted by Gasteiger charge is -2.07. The van der Waals surface area contributed by atoms with Crippen molar-refractivity contribution in [3.05, 3.63) is 77.6 Å². The highest BCUT2D eigenvalue weighted by Crippen LogP contribution is 2.21. The van der Waals surface area contributed by atoms with Gasteiger partial charge in [0.15, 0.2) is 0 Å². The fourth-order valence-corrected chi connectivity index (χ4v) is 3.23. The second-order valence-electron chi connectivity index (χ2n) is 6.20. The Morgan fingerprint density at radius 2 is 2.00 bits per heavy atom. The fraction of sp³-hybridized carbons (Fsp3) is 0.143. The first kappa shape index (κ1) is 18.8. The first-order chi connectivity index (χ1) is 14.3. The van der Waals surface area contributed by atoms with Gasteiger partial charge in [-0.05, 0) is 23.1 Å². The van der Waals surface area contributed by atoms with Crippen LogP contribution in [0.3, 0.4) is 0 Å². The van der Waals surface area contributed by atoms with E-state index in [1.54, 1.807) is 18.3 Å². The highest BCUT2D eigenvalue weighted by molar-refractivity contribution is 7.13. The van der Waals surface area contributed by atoms with E-state index in [0.29, 0.717) is 36.3 Å². The van der Waals surface area contributed by atoms with Crippen LogP contribution in [0, 0.1) is 0 Å². The largest absolute Gasteiger partial charge is 0.473 e. The van der Waals surface area contributed by atoms with Gasteiger partial charge in [-0.15, -0.1) is 11.3 Å². The Labute approximate surface area is 171 Å². The number of aromatic nitrogens is 3. The van der Waals surface area contributed by atoms with Gasteiger partial charge in [-0.3, -0.25) is 4.79 Å². The molecule has 1 amide bonds. The Bertz CT molecular complexity index is 1050. The highest BCUT2D eigenvalue weighted by atomic mass is 32.1. The molecule has 0 aliphatic rings. The fourth-order valence-electron chi connectivity index (χ4n) is 2.58. The van der Waals surface area contributed by atoms with Crippen molar-refractivity contribution in [3.63, 3.8) is 0 Å². The summed E-state index contributed by atoms with van der Waals surface area (Å²) in [5.74, 6) is 1.33. The smallest absolute Gasteiger partial charge is 0.227 e. The van der Waals surface area contributed by atoms with E-state index in [1.165, 1.54) is 11.3 Å². The molecule has 0 bridgehead atoms. The van der Waals surface area contributed by atoms with Gasteiger partial charge in [0.05, 0.1) is 16.8 Å². The monoisotopic (exact) mass is 406 g/mol. The summed E-state index contributed by atoms with van der Waals surface area (Å²) in [4.78, 5) is 21.6. The number of nitrogens with one attached hydrogen (secondary N) is 1. The summed E-state index contributed by atoms with van der Waals surface area (Å²) in [7, 11) is 0. The van der Waals surface area contributed by atoms with Crippen LogP contribution >= 0.6 is 11.3 Å². The minimum Gasteiger partial charge on any atom is -0.473 e. The average Bonchev–Trinajstić information content (AvgIpc) is 3.44.